The van der Waals surface area contributed by atoms with Gasteiger partial charge in [-0.3, -0.25) is 0 Å². The van der Waals surface area contributed by atoms with Crippen LogP contribution in [0.3, 0.4) is 0 Å². The van der Waals surface area contributed by atoms with Gasteiger partial charge in [0, 0.05) is 21.8 Å². The largest absolute Gasteiger partial charge is 0.314 e. The maximum absolute atomic E-state index is 3.66. The summed E-state index contributed by atoms with van der Waals surface area (Å²) in [6.07, 6.45) is 5.08. The first kappa shape index (κ1) is 15.0. The SMILES string of the molecule is CCCNC1CCN(C(C)Cc2ccc(C)s2)CC1. The lowest BCUT2D eigenvalue weighted by Gasteiger charge is -2.36. The molecule has 1 aliphatic heterocycles. The van der Waals surface area contributed by atoms with Crippen LogP contribution in [0, 0.1) is 6.92 Å². The van der Waals surface area contributed by atoms with Crippen molar-refractivity contribution in [3.63, 3.8) is 0 Å². The summed E-state index contributed by atoms with van der Waals surface area (Å²) in [5, 5.41) is 3.66. The van der Waals surface area contributed by atoms with E-state index in [0.717, 1.165) is 6.04 Å². The Balaban J connectivity index is 1.74. The van der Waals surface area contributed by atoms with Gasteiger partial charge < -0.3 is 10.2 Å². The fraction of sp³-hybridized carbons (Fsp3) is 0.750. The van der Waals surface area contributed by atoms with Crippen LogP contribution in [0.4, 0.5) is 0 Å². The van der Waals surface area contributed by atoms with Gasteiger partial charge in [0.2, 0.25) is 0 Å². The first-order valence-electron chi connectivity index (χ1n) is 7.71. The number of hydrogen-bond acceptors (Lipinski definition) is 3. The minimum absolute atomic E-state index is 0.685. The Labute approximate surface area is 122 Å². The van der Waals surface area contributed by atoms with Crippen LogP contribution in [0.25, 0.3) is 0 Å². The summed E-state index contributed by atoms with van der Waals surface area (Å²) < 4.78 is 0. The van der Waals surface area contributed by atoms with Crippen molar-refractivity contribution < 1.29 is 0 Å². The molecule has 0 amide bonds. The molecule has 108 valence electrons. The summed E-state index contributed by atoms with van der Waals surface area (Å²) in [6.45, 7) is 10.5. The molecule has 1 atom stereocenters. The number of thiophene rings is 1. The molecular weight excluding hydrogens is 252 g/mol. The van der Waals surface area contributed by atoms with Crippen molar-refractivity contribution in [1.82, 2.24) is 10.2 Å². The van der Waals surface area contributed by atoms with Gasteiger partial charge in [-0.15, -0.1) is 11.3 Å². The summed E-state index contributed by atoms with van der Waals surface area (Å²) in [7, 11) is 0. The Morgan fingerprint density at radius 3 is 2.68 bits per heavy atom. The van der Waals surface area contributed by atoms with Crippen molar-refractivity contribution in [2.24, 2.45) is 0 Å². The Kier molecular flexibility index (Phi) is 5.86. The minimum Gasteiger partial charge on any atom is -0.314 e. The first-order chi connectivity index (χ1) is 9.19. The Bertz CT molecular complexity index is 367. The molecule has 1 N–H and O–H groups in total. The van der Waals surface area contributed by atoms with Gasteiger partial charge in [-0.2, -0.15) is 0 Å². The smallest absolute Gasteiger partial charge is 0.0115 e. The van der Waals surface area contributed by atoms with Crippen LogP contribution in [-0.4, -0.2) is 36.6 Å². The van der Waals surface area contributed by atoms with Crippen molar-refractivity contribution >= 4 is 11.3 Å². The number of nitrogens with one attached hydrogen (secondary N) is 1. The number of aryl methyl sites for hydroxylation is 1. The lowest BCUT2D eigenvalue weighted by atomic mass is 10.0. The molecule has 2 heterocycles. The van der Waals surface area contributed by atoms with Crippen molar-refractivity contribution in [3.05, 3.63) is 21.9 Å². The summed E-state index contributed by atoms with van der Waals surface area (Å²) in [4.78, 5) is 5.64. The molecule has 0 saturated carbocycles. The van der Waals surface area contributed by atoms with Crippen LogP contribution in [0.15, 0.2) is 12.1 Å². The molecule has 1 saturated heterocycles. The number of piperidine rings is 1. The minimum atomic E-state index is 0.685. The van der Waals surface area contributed by atoms with Gasteiger partial charge >= 0.3 is 0 Å². The second kappa shape index (κ2) is 7.41. The highest BCUT2D eigenvalue weighted by Gasteiger charge is 2.22. The number of likely N-dealkylation sites (tertiary alicyclic amines) is 1. The van der Waals surface area contributed by atoms with Crippen LogP contribution in [0.5, 0.6) is 0 Å². The molecule has 19 heavy (non-hydrogen) atoms. The zero-order valence-corrected chi connectivity index (χ0v) is 13.4. The van der Waals surface area contributed by atoms with E-state index in [9.17, 15) is 0 Å². The normalized spacial score (nSPS) is 19.7. The van der Waals surface area contributed by atoms with E-state index in [-0.39, 0.29) is 0 Å². The van der Waals surface area contributed by atoms with Gasteiger partial charge in [-0.25, -0.2) is 0 Å². The molecule has 1 aromatic heterocycles. The molecular formula is C16H28N2S. The lowest BCUT2D eigenvalue weighted by Crippen LogP contribution is -2.46. The molecule has 1 aliphatic rings. The third-order valence-electron chi connectivity index (χ3n) is 4.13. The van der Waals surface area contributed by atoms with E-state index >= 15 is 0 Å². The highest BCUT2D eigenvalue weighted by molar-refractivity contribution is 7.11. The summed E-state index contributed by atoms with van der Waals surface area (Å²) >= 11 is 1.95. The van der Waals surface area contributed by atoms with E-state index in [2.05, 4.69) is 43.1 Å². The Morgan fingerprint density at radius 2 is 2.11 bits per heavy atom. The second-order valence-corrected chi connectivity index (χ2v) is 7.20. The number of nitrogens with zero attached hydrogens (tertiary/aromatic N) is 1. The maximum atomic E-state index is 3.66. The summed E-state index contributed by atoms with van der Waals surface area (Å²) in [5.74, 6) is 0. The van der Waals surface area contributed by atoms with Crippen molar-refractivity contribution in [2.75, 3.05) is 19.6 Å². The topological polar surface area (TPSA) is 15.3 Å². The van der Waals surface area contributed by atoms with E-state index in [1.54, 1.807) is 0 Å². The van der Waals surface area contributed by atoms with E-state index < -0.39 is 0 Å². The standard InChI is InChI=1S/C16H28N2S/c1-4-9-17-15-7-10-18(11-8-15)13(2)12-16-6-5-14(3)19-16/h5-6,13,15,17H,4,7-12H2,1-3H3. The van der Waals surface area contributed by atoms with E-state index in [0.29, 0.717) is 6.04 Å². The third kappa shape index (κ3) is 4.59. The monoisotopic (exact) mass is 280 g/mol. The average Bonchev–Trinajstić information content (AvgIpc) is 2.82. The average molecular weight is 280 g/mol. The zero-order valence-electron chi connectivity index (χ0n) is 12.6. The molecule has 0 radical (unpaired) electrons. The number of hydrogen-bond donors (Lipinski definition) is 1. The van der Waals surface area contributed by atoms with Crippen LogP contribution in [0.2, 0.25) is 0 Å². The number of rotatable bonds is 6. The molecule has 3 heteroatoms. The highest BCUT2D eigenvalue weighted by atomic mass is 32.1. The predicted molar refractivity (Wildman–Crippen MR) is 85.1 cm³/mol. The highest BCUT2D eigenvalue weighted by Crippen LogP contribution is 2.20. The molecule has 2 nitrogen and oxygen atoms in total. The molecule has 1 aromatic rings. The second-order valence-electron chi connectivity index (χ2n) is 5.83. The zero-order chi connectivity index (χ0) is 13.7. The molecule has 0 spiro atoms. The molecule has 0 aliphatic carbocycles. The Morgan fingerprint density at radius 1 is 1.37 bits per heavy atom. The van der Waals surface area contributed by atoms with E-state index in [1.165, 1.54) is 55.1 Å². The van der Waals surface area contributed by atoms with Gasteiger partial charge in [0.1, 0.15) is 0 Å². The fourth-order valence-electron chi connectivity index (χ4n) is 2.91. The van der Waals surface area contributed by atoms with Gasteiger partial charge in [-0.1, -0.05) is 6.92 Å². The quantitative estimate of drug-likeness (QED) is 0.858. The van der Waals surface area contributed by atoms with Crippen molar-refractivity contribution in [1.29, 1.82) is 0 Å². The first-order valence-corrected chi connectivity index (χ1v) is 8.53. The van der Waals surface area contributed by atoms with Gasteiger partial charge in [0.05, 0.1) is 0 Å². The third-order valence-corrected chi connectivity index (χ3v) is 5.15. The maximum Gasteiger partial charge on any atom is 0.0115 e. The van der Waals surface area contributed by atoms with E-state index in [1.807, 2.05) is 11.3 Å². The van der Waals surface area contributed by atoms with Crippen LogP contribution < -0.4 is 5.32 Å². The fourth-order valence-corrected chi connectivity index (χ4v) is 3.92. The van der Waals surface area contributed by atoms with Gasteiger partial charge in [-0.05, 0) is 71.3 Å². The lowest BCUT2D eigenvalue weighted by molar-refractivity contribution is 0.152. The van der Waals surface area contributed by atoms with Crippen molar-refractivity contribution in [3.8, 4) is 0 Å². The van der Waals surface area contributed by atoms with E-state index in [4.69, 9.17) is 0 Å². The van der Waals surface area contributed by atoms with Crippen LogP contribution in [-0.2, 0) is 6.42 Å². The van der Waals surface area contributed by atoms with Crippen LogP contribution >= 0.6 is 11.3 Å². The van der Waals surface area contributed by atoms with Gasteiger partial charge in [0.25, 0.3) is 0 Å². The molecule has 1 unspecified atom stereocenters. The molecule has 0 aromatic carbocycles. The predicted octanol–water partition coefficient (Wildman–Crippen LogP) is 3.45. The van der Waals surface area contributed by atoms with Crippen LogP contribution in [0.1, 0.15) is 42.9 Å². The summed E-state index contributed by atoms with van der Waals surface area (Å²) in [5.41, 5.74) is 0. The molecule has 1 fully saturated rings. The van der Waals surface area contributed by atoms with Crippen molar-refractivity contribution in [2.45, 2.75) is 58.5 Å². The van der Waals surface area contributed by atoms with Gasteiger partial charge in [0.15, 0.2) is 0 Å². The Hall–Kier alpha value is -0.380. The molecule has 2 rings (SSSR count). The molecule has 0 bridgehead atoms. The summed E-state index contributed by atoms with van der Waals surface area (Å²) in [6, 6.07) is 5.98.